The summed E-state index contributed by atoms with van der Waals surface area (Å²) >= 11 is 0. The zero-order valence-electron chi connectivity index (χ0n) is 10.1. The molecule has 1 heterocycles. The first kappa shape index (κ1) is 12.0. The fraction of sp³-hybridized carbons (Fsp3) is 0.583. The minimum Gasteiger partial charge on any atom is -0.369 e. The summed E-state index contributed by atoms with van der Waals surface area (Å²) in [6.45, 7) is 8.51. The monoisotopic (exact) mass is 207 g/mol. The van der Waals surface area contributed by atoms with Gasteiger partial charge >= 0.3 is 0 Å². The van der Waals surface area contributed by atoms with E-state index in [2.05, 4.69) is 42.0 Å². The molecule has 0 atom stereocenters. The highest BCUT2D eigenvalue weighted by Gasteiger charge is 2.11. The van der Waals surface area contributed by atoms with Crippen molar-refractivity contribution in [2.75, 3.05) is 18.5 Å². The molecule has 0 aliphatic rings. The Morgan fingerprint density at radius 3 is 2.73 bits per heavy atom. The lowest BCUT2D eigenvalue weighted by atomic mass is 10.2. The first-order valence-electron chi connectivity index (χ1n) is 5.54. The molecule has 3 nitrogen and oxygen atoms in total. The molecule has 0 unspecified atom stereocenters. The van der Waals surface area contributed by atoms with Gasteiger partial charge in [-0.1, -0.05) is 0 Å². The molecule has 15 heavy (non-hydrogen) atoms. The molecule has 0 spiro atoms. The SMILES string of the molecule is CCN(c1ccncc1CNC)C(C)C. The van der Waals surface area contributed by atoms with Gasteiger partial charge in [0, 0.05) is 42.8 Å². The summed E-state index contributed by atoms with van der Waals surface area (Å²) in [7, 11) is 1.96. The predicted octanol–water partition coefficient (Wildman–Crippen LogP) is 2.04. The van der Waals surface area contributed by atoms with Crippen LogP contribution in [0.2, 0.25) is 0 Å². The van der Waals surface area contributed by atoms with Gasteiger partial charge in [0.25, 0.3) is 0 Å². The van der Waals surface area contributed by atoms with Gasteiger partial charge < -0.3 is 10.2 Å². The van der Waals surface area contributed by atoms with Crippen LogP contribution in [-0.2, 0) is 6.54 Å². The zero-order chi connectivity index (χ0) is 11.3. The van der Waals surface area contributed by atoms with Crippen molar-refractivity contribution in [3.05, 3.63) is 24.0 Å². The molecule has 0 saturated carbocycles. The van der Waals surface area contributed by atoms with Gasteiger partial charge in [-0.25, -0.2) is 0 Å². The van der Waals surface area contributed by atoms with Crippen LogP contribution in [0.5, 0.6) is 0 Å². The number of anilines is 1. The van der Waals surface area contributed by atoms with Crippen LogP contribution in [-0.4, -0.2) is 24.6 Å². The molecule has 3 heteroatoms. The third-order valence-electron chi connectivity index (χ3n) is 2.52. The Kier molecular flexibility index (Phi) is 4.56. The highest BCUT2D eigenvalue weighted by atomic mass is 15.2. The number of hydrogen-bond acceptors (Lipinski definition) is 3. The van der Waals surface area contributed by atoms with Crippen molar-refractivity contribution < 1.29 is 0 Å². The van der Waals surface area contributed by atoms with Crippen molar-refractivity contribution in [1.82, 2.24) is 10.3 Å². The van der Waals surface area contributed by atoms with E-state index in [1.54, 1.807) is 0 Å². The first-order chi connectivity index (χ1) is 7.20. The summed E-state index contributed by atoms with van der Waals surface area (Å²) in [5, 5.41) is 3.18. The minimum atomic E-state index is 0.521. The molecule has 84 valence electrons. The number of nitrogens with zero attached hydrogens (tertiary/aromatic N) is 2. The van der Waals surface area contributed by atoms with E-state index in [0.29, 0.717) is 6.04 Å². The Morgan fingerprint density at radius 2 is 2.20 bits per heavy atom. The van der Waals surface area contributed by atoms with E-state index in [9.17, 15) is 0 Å². The smallest absolute Gasteiger partial charge is 0.0445 e. The fourth-order valence-corrected chi connectivity index (χ4v) is 1.84. The molecule has 0 aliphatic heterocycles. The molecular formula is C12H21N3. The standard InChI is InChI=1S/C12H21N3/c1-5-15(10(2)3)12-6-7-14-9-11(12)8-13-4/h6-7,9-10,13H,5,8H2,1-4H3. The van der Waals surface area contributed by atoms with E-state index in [-0.39, 0.29) is 0 Å². The summed E-state index contributed by atoms with van der Waals surface area (Å²) < 4.78 is 0. The summed E-state index contributed by atoms with van der Waals surface area (Å²) in [5.74, 6) is 0. The van der Waals surface area contributed by atoms with Crippen molar-refractivity contribution in [2.45, 2.75) is 33.4 Å². The van der Waals surface area contributed by atoms with Crippen molar-refractivity contribution >= 4 is 5.69 Å². The highest BCUT2D eigenvalue weighted by Crippen LogP contribution is 2.21. The summed E-state index contributed by atoms with van der Waals surface area (Å²) in [4.78, 5) is 6.56. The minimum absolute atomic E-state index is 0.521. The Hall–Kier alpha value is -1.09. The van der Waals surface area contributed by atoms with Crippen molar-refractivity contribution in [2.24, 2.45) is 0 Å². The number of aromatic nitrogens is 1. The van der Waals surface area contributed by atoms with E-state index in [1.165, 1.54) is 11.3 Å². The zero-order valence-corrected chi connectivity index (χ0v) is 10.1. The van der Waals surface area contributed by atoms with Crippen LogP contribution in [0.25, 0.3) is 0 Å². The first-order valence-corrected chi connectivity index (χ1v) is 5.54. The normalized spacial score (nSPS) is 10.7. The maximum Gasteiger partial charge on any atom is 0.0445 e. The van der Waals surface area contributed by atoms with Crippen LogP contribution in [0.4, 0.5) is 5.69 Å². The predicted molar refractivity (Wildman–Crippen MR) is 65.2 cm³/mol. The van der Waals surface area contributed by atoms with Crippen molar-refractivity contribution in [3.8, 4) is 0 Å². The molecular weight excluding hydrogens is 186 g/mol. The Balaban J connectivity index is 2.99. The van der Waals surface area contributed by atoms with Gasteiger partial charge in [0.2, 0.25) is 0 Å². The molecule has 0 bridgehead atoms. The van der Waals surface area contributed by atoms with Crippen LogP contribution in [0.15, 0.2) is 18.5 Å². The van der Waals surface area contributed by atoms with Gasteiger partial charge in [-0.3, -0.25) is 4.98 Å². The molecule has 1 rings (SSSR count). The van der Waals surface area contributed by atoms with E-state index in [0.717, 1.165) is 13.1 Å². The number of pyridine rings is 1. The molecule has 0 aliphatic carbocycles. The lowest BCUT2D eigenvalue weighted by molar-refractivity contribution is 0.693. The molecule has 0 saturated heterocycles. The van der Waals surface area contributed by atoms with Gasteiger partial charge in [0.05, 0.1) is 0 Å². The Bertz CT molecular complexity index is 297. The van der Waals surface area contributed by atoms with Crippen LogP contribution in [0.3, 0.4) is 0 Å². The summed E-state index contributed by atoms with van der Waals surface area (Å²) in [6.07, 6.45) is 3.80. The van der Waals surface area contributed by atoms with Gasteiger partial charge in [0.15, 0.2) is 0 Å². The number of hydrogen-bond donors (Lipinski definition) is 1. The van der Waals surface area contributed by atoms with Gasteiger partial charge in [-0.15, -0.1) is 0 Å². The van der Waals surface area contributed by atoms with E-state index < -0.39 is 0 Å². The fourth-order valence-electron chi connectivity index (χ4n) is 1.84. The summed E-state index contributed by atoms with van der Waals surface area (Å²) in [6, 6.07) is 2.61. The van der Waals surface area contributed by atoms with Gasteiger partial charge in [-0.05, 0) is 33.9 Å². The molecule has 0 aromatic carbocycles. The van der Waals surface area contributed by atoms with Crippen molar-refractivity contribution in [3.63, 3.8) is 0 Å². The highest BCUT2D eigenvalue weighted by molar-refractivity contribution is 5.52. The van der Waals surface area contributed by atoms with Crippen LogP contribution in [0, 0.1) is 0 Å². The number of rotatable bonds is 5. The van der Waals surface area contributed by atoms with Crippen LogP contribution in [0.1, 0.15) is 26.3 Å². The van der Waals surface area contributed by atoms with Crippen LogP contribution < -0.4 is 10.2 Å². The second-order valence-corrected chi connectivity index (χ2v) is 3.91. The Labute approximate surface area is 92.5 Å². The van der Waals surface area contributed by atoms with E-state index in [4.69, 9.17) is 0 Å². The maximum atomic E-state index is 4.17. The lowest BCUT2D eigenvalue weighted by Crippen LogP contribution is -2.31. The third kappa shape index (κ3) is 2.93. The molecule has 1 aromatic rings. The number of nitrogens with one attached hydrogen (secondary N) is 1. The van der Waals surface area contributed by atoms with E-state index >= 15 is 0 Å². The average molecular weight is 207 g/mol. The molecule has 1 N–H and O–H groups in total. The quantitative estimate of drug-likeness (QED) is 0.801. The maximum absolute atomic E-state index is 4.17. The molecule has 1 aromatic heterocycles. The summed E-state index contributed by atoms with van der Waals surface area (Å²) in [5.41, 5.74) is 2.55. The molecule has 0 amide bonds. The lowest BCUT2D eigenvalue weighted by Gasteiger charge is -2.29. The van der Waals surface area contributed by atoms with Crippen LogP contribution >= 0.6 is 0 Å². The molecule has 0 fully saturated rings. The topological polar surface area (TPSA) is 28.2 Å². The van der Waals surface area contributed by atoms with Crippen molar-refractivity contribution in [1.29, 1.82) is 0 Å². The average Bonchev–Trinajstić information content (AvgIpc) is 2.21. The van der Waals surface area contributed by atoms with Gasteiger partial charge in [-0.2, -0.15) is 0 Å². The largest absolute Gasteiger partial charge is 0.369 e. The van der Waals surface area contributed by atoms with E-state index in [1.807, 2.05) is 19.4 Å². The van der Waals surface area contributed by atoms with Gasteiger partial charge in [0.1, 0.15) is 0 Å². The Morgan fingerprint density at radius 1 is 1.47 bits per heavy atom. The second kappa shape index (κ2) is 5.71. The molecule has 0 radical (unpaired) electrons. The third-order valence-corrected chi connectivity index (χ3v) is 2.52. The second-order valence-electron chi connectivity index (χ2n) is 3.91.